The zero-order valence-electron chi connectivity index (χ0n) is 24.7. The minimum absolute atomic E-state index is 0.146. The predicted octanol–water partition coefficient (Wildman–Crippen LogP) is 11.8. The van der Waals surface area contributed by atoms with E-state index in [1.807, 2.05) is 11.3 Å². The number of anilines is 3. The molecule has 0 radical (unpaired) electrons. The van der Waals surface area contributed by atoms with Gasteiger partial charge < -0.3 is 9.47 Å². The molecular weight excluding hydrogens is 553 g/mol. The van der Waals surface area contributed by atoms with Crippen molar-refractivity contribution in [2.75, 3.05) is 4.90 Å². The number of hydrogen-bond acceptors (Lipinski definition) is 2. The molecule has 0 unspecified atom stereocenters. The van der Waals surface area contributed by atoms with E-state index in [1.165, 1.54) is 76.2 Å². The van der Waals surface area contributed by atoms with E-state index < -0.39 is 0 Å². The van der Waals surface area contributed by atoms with Crippen molar-refractivity contribution in [2.45, 2.75) is 19.3 Å². The van der Waals surface area contributed by atoms with Crippen molar-refractivity contribution in [2.24, 2.45) is 0 Å². The number of benzene rings is 6. The minimum atomic E-state index is -0.146. The molecule has 2 aromatic heterocycles. The van der Waals surface area contributed by atoms with Crippen LogP contribution in [0.4, 0.5) is 17.1 Å². The van der Waals surface area contributed by atoms with Gasteiger partial charge in [0, 0.05) is 32.3 Å². The first-order chi connectivity index (χ1) is 21.6. The molecule has 0 saturated carbocycles. The molecule has 6 aromatic carbocycles. The predicted molar refractivity (Wildman–Crippen MR) is 188 cm³/mol. The van der Waals surface area contributed by atoms with E-state index in [4.69, 9.17) is 0 Å². The van der Waals surface area contributed by atoms with E-state index in [1.54, 1.807) is 0 Å². The Kier molecular flexibility index (Phi) is 5.45. The molecule has 0 saturated heterocycles. The third-order valence-electron chi connectivity index (χ3n) is 9.37. The molecule has 1 aliphatic rings. The summed E-state index contributed by atoms with van der Waals surface area (Å²) >= 11 is 1.89. The molecule has 0 fully saturated rings. The maximum absolute atomic E-state index is 2.48. The molecule has 0 bridgehead atoms. The van der Waals surface area contributed by atoms with Crippen LogP contribution in [0.5, 0.6) is 0 Å². The minimum Gasteiger partial charge on any atom is -0.310 e. The number of rotatable bonds is 3. The summed E-state index contributed by atoms with van der Waals surface area (Å²) < 4.78 is 5.09. The summed E-state index contributed by atoms with van der Waals surface area (Å²) in [6.45, 7) is 4.72. The van der Waals surface area contributed by atoms with Gasteiger partial charge >= 0.3 is 0 Å². The summed E-state index contributed by atoms with van der Waals surface area (Å²) in [7, 11) is 0. The van der Waals surface area contributed by atoms with Crippen molar-refractivity contribution < 1.29 is 0 Å². The van der Waals surface area contributed by atoms with Gasteiger partial charge in [0.05, 0.1) is 27.1 Å². The van der Waals surface area contributed by atoms with Crippen molar-refractivity contribution in [1.82, 2.24) is 4.57 Å². The van der Waals surface area contributed by atoms with E-state index in [0.29, 0.717) is 0 Å². The van der Waals surface area contributed by atoms with Crippen LogP contribution in [0.25, 0.3) is 48.0 Å². The Morgan fingerprint density at radius 3 is 2.07 bits per heavy atom. The van der Waals surface area contributed by atoms with Gasteiger partial charge in [0.2, 0.25) is 0 Å². The highest BCUT2D eigenvalue weighted by Gasteiger charge is 2.37. The van der Waals surface area contributed by atoms with Crippen LogP contribution in [0, 0.1) is 0 Å². The Morgan fingerprint density at radius 2 is 1.23 bits per heavy atom. The van der Waals surface area contributed by atoms with Crippen molar-refractivity contribution >= 4 is 59.6 Å². The van der Waals surface area contributed by atoms with E-state index in [-0.39, 0.29) is 5.41 Å². The molecule has 0 aliphatic carbocycles. The van der Waals surface area contributed by atoms with Crippen LogP contribution >= 0.6 is 11.3 Å². The quantitative estimate of drug-likeness (QED) is 0.201. The first kappa shape index (κ1) is 25.4. The molecule has 44 heavy (non-hydrogen) atoms. The van der Waals surface area contributed by atoms with Crippen molar-refractivity contribution in [3.63, 3.8) is 0 Å². The Hall–Kier alpha value is -5.12. The summed E-state index contributed by atoms with van der Waals surface area (Å²) in [5.74, 6) is 0. The standard InChI is InChI=1S/C41H30N2S/c1-41(2)33-18-10-11-19-36(33)42(37-23-21-28(25-34(37)41)27-13-5-3-6-14-27)30-22-24-35-32(26-30)40-39(31-17-9-12-20-38(31)44-40)43(35)29-15-7-4-8-16-29/h3-26H,1-2H3. The maximum atomic E-state index is 2.48. The Morgan fingerprint density at radius 1 is 0.523 bits per heavy atom. The molecule has 9 rings (SSSR count). The molecule has 0 atom stereocenters. The summed E-state index contributed by atoms with van der Waals surface area (Å²) in [5, 5.41) is 2.59. The van der Waals surface area contributed by atoms with Gasteiger partial charge in [-0.2, -0.15) is 0 Å². The van der Waals surface area contributed by atoms with Crippen LogP contribution in [0.3, 0.4) is 0 Å². The monoisotopic (exact) mass is 582 g/mol. The molecule has 2 nitrogen and oxygen atoms in total. The van der Waals surface area contributed by atoms with Crippen LogP contribution in [0.15, 0.2) is 146 Å². The van der Waals surface area contributed by atoms with Gasteiger partial charge in [-0.15, -0.1) is 11.3 Å². The number of nitrogens with zero attached hydrogens (tertiary/aromatic N) is 2. The Bertz CT molecular complexity index is 2360. The lowest BCUT2D eigenvalue weighted by atomic mass is 9.73. The first-order valence-corrected chi connectivity index (χ1v) is 16.0. The van der Waals surface area contributed by atoms with Crippen molar-refractivity contribution in [3.8, 4) is 16.8 Å². The van der Waals surface area contributed by atoms with E-state index in [9.17, 15) is 0 Å². The maximum Gasteiger partial charge on any atom is 0.0727 e. The van der Waals surface area contributed by atoms with E-state index in [2.05, 4.69) is 169 Å². The first-order valence-electron chi connectivity index (χ1n) is 15.2. The van der Waals surface area contributed by atoms with Gasteiger partial charge in [-0.05, 0) is 76.9 Å². The van der Waals surface area contributed by atoms with Crippen LogP contribution < -0.4 is 4.90 Å². The summed E-state index contributed by atoms with van der Waals surface area (Å²) in [5.41, 5.74) is 12.4. The largest absolute Gasteiger partial charge is 0.310 e. The SMILES string of the molecule is CC1(C)c2ccccc2N(c2ccc3c(c2)c2sc4ccccc4c2n3-c2ccccc2)c2ccc(-c3ccccc3)cc21. The molecule has 0 spiro atoms. The third-order valence-corrected chi connectivity index (χ3v) is 10.6. The fourth-order valence-electron chi connectivity index (χ4n) is 7.23. The van der Waals surface area contributed by atoms with Crippen molar-refractivity contribution in [3.05, 3.63) is 157 Å². The smallest absolute Gasteiger partial charge is 0.0727 e. The number of para-hydroxylation sites is 2. The molecule has 210 valence electrons. The Labute approximate surface area is 261 Å². The number of hydrogen-bond donors (Lipinski definition) is 0. The summed E-state index contributed by atoms with van der Waals surface area (Å²) in [6.07, 6.45) is 0. The average molecular weight is 583 g/mol. The van der Waals surface area contributed by atoms with Gasteiger partial charge in [-0.3, -0.25) is 0 Å². The molecule has 8 aromatic rings. The Balaban J connectivity index is 1.32. The average Bonchev–Trinajstić information content (AvgIpc) is 3.60. The van der Waals surface area contributed by atoms with Crippen LogP contribution in [0.2, 0.25) is 0 Å². The topological polar surface area (TPSA) is 8.17 Å². The fraction of sp³-hybridized carbons (Fsp3) is 0.0732. The molecule has 0 N–H and O–H groups in total. The third kappa shape index (κ3) is 3.60. The molecule has 3 heterocycles. The van der Waals surface area contributed by atoms with Crippen LogP contribution in [-0.4, -0.2) is 4.57 Å². The zero-order chi connectivity index (χ0) is 29.4. The van der Waals surface area contributed by atoms with Gasteiger partial charge in [-0.1, -0.05) is 105 Å². The van der Waals surface area contributed by atoms with E-state index in [0.717, 1.165) is 0 Å². The van der Waals surface area contributed by atoms with Gasteiger partial charge in [0.1, 0.15) is 0 Å². The number of aromatic nitrogens is 1. The fourth-order valence-corrected chi connectivity index (χ4v) is 8.45. The summed E-state index contributed by atoms with van der Waals surface area (Å²) in [4.78, 5) is 2.48. The molecule has 1 aliphatic heterocycles. The normalized spacial score (nSPS) is 13.8. The van der Waals surface area contributed by atoms with Gasteiger partial charge in [-0.25, -0.2) is 0 Å². The zero-order valence-corrected chi connectivity index (χ0v) is 25.5. The lowest BCUT2D eigenvalue weighted by Crippen LogP contribution is -2.30. The van der Waals surface area contributed by atoms with Crippen molar-refractivity contribution in [1.29, 1.82) is 0 Å². The molecular formula is C41H30N2S. The van der Waals surface area contributed by atoms with Gasteiger partial charge in [0.15, 0.2) is 0 Å². The lowest BCUT2D eigenvalue weighted by Gasteiger charge is -2.42. The molecule has 0 amide bonds. The second kappa shape index (κ2) is 9.44. The van der Waals surface area contributed by atoms with Gasteiger partial charge in [0.25, 0.3) is 0 Å². The summed E-state index contributed by atoms with van der Waals surface area (Å²) in [6, 6.07) is 53.2. The van der Waals surface area contributed by atoms with E-state index >= 15 is 0 Å². The highest BCUT2D eigenvalue weighted by molar-refractivity contribution is 7.26. The number of thiophene rings is 1. The highest BCUT2D eigenvalue weighted by atomic mass is 32.1. The molecule has 3 heteroatoms. The second-order valence-electron chi connectivity index (χ2n) is 12.2. The highest BCUT2D eigenvalue weighted by Crippen LogP contribution is 2.53. The lowest BCUT2D eigenvalue weighted by molar-refractivity contribution is 0.632. The van der Waals surface area contributed by atoms with Crippen LogP contribution in [-0.2, 0) is 5.41 Å². The number of fused-ring (bicyclic) bond motifs is 7. The second-order valence-corrected chi connectivity index (χ2v) is 13.3. The van der Waals surface area contributed by atoms with Crippen LogP contribution in [0.1, 0.15) is 25.0 Å².